The molecule has 3 N–H and O–H groups in total. The van der Waals surface area contributed by atoms with Gasteiger partial charge in [0.1, 0.15) is 0 Å². The van der Waals surface area contributed by atoms with Gasteiger partial charge < -0.3 is 16.0 Å². The molecule has 0 unspecified atom stereocenters. The van der Waals surface area contributed by atoms with Crippen LogP contribution >= 0.6 is 0 Å². The number of nitrogens with one attached hydrogen (secondary N) is 1. The quantitative estimate of drug-likeness (QED) is 0.768. The second kappa shape index (κ2) is 5.32. The Labute approximate surface area is 96.6 Å². The van der Waals surface area contributed by atoms with Gasteiger partial charge in [-0.2, -0.15) is 5.10 Å². The van der Waals surface area contributed by atoms with Crippen molar-refractivity contribution in [2.45, 2.75) is 18.9 Å². The molecule has 1 aromatic heterocycles. The maximum atomic E-state index is 5.87. The standard InChI is InChI=1S/C11H21N5/c1-15-9-11(8-14-15)13-4-7-16-5-2-10(12)3-6-16/h8-10,13H,2-7,12H2,1H3. The van der Waals surface area contributed by atoms with E-state index >= 15 is 0 Å². The Hall–Kier alpha value is -1.07. The zero-order chi connectivity index (χ0) is 11.4. The van der Waals surface area contributed by atoms with Crippen LogP contribution in [0.2, 0.25) is 0 Å². The molecule has 0 aliphatic carbocycles. The molecule has 1 fully saturated rings. The molecule has 0 atom stereocenters. The lowest BCUT2D eigenvalue weighted by Gasteiger charge is -2.29. The number of aromatic nitrogens is 2. The minimum atomic E-state index is 0.419. The third-order valence-electron chi connectivity index (χ3n) is 3.09. The number of likely N-dealkylation sites (tertiary alicyclic amines) is 1. The molecule has 0 bridgehead atoms. The highest BCUT2D eigenvalue weighted by molar-refractivity contribution is 5.37. The zero-order valence-corrected chi connectivity index (χ0v) is 9.89. The average Bonchev–Trinajstić information content (AvgIpc) is 2.67. The number of anilines is 1. The summed E-state index contributed by atoms with van der Waals surface area (Å²) in [6, 6.07) is 0.419. The summed E-state index contributed by atoms with van der Waals surface area (Å²) < 4.78 is 1.81. The van der Waals surface area contributed by atoms with Crippen LogP contribution in [-0.2, 0) is 7.05 Å². The number of nitrogens with two attached hydrogens (primary N) is 1. The van der Waals surface area contributed by atoms with E-state index in [4.69, 9.17) is 5.73 Å². The second-order valence-electron chi connectivity index (χ2n) is 4.51. The average molecular weight is 223 g/mol. The first-order valence-electron chi connectivity index (χ1n) is 5.94. The van der Waals surface area contributed by atoms with E-state index in [-0.39, 0.29) is 0 Å². The molecule has 16 heavy (non-hydrogen) atoms. The van der Waals surface area contributed by atoms with Gasteiger partial charge >= 0.3 is 0 Å². The highest BCUT2D eigenvalue weighted by Gasteiger charge is 2.14. The molecule has 0 saturated carbocycles. The molecule has 0 spiro atoms. The molecule has 0 radical (unpaired) electrons. The van der Waals surface area contributed by atoms with E-state index in [1.807, 2.05) is 24.1 Å². The number of nitrogens with zero attached hydrogens (tertiary/aromatic N) is 3. The summed E-state index contributed by atoms with van der Waals surface area (Å²) in [5, 5.41) is 7.48. The summed E-state index contributed by atoms with van der Waals surface area (Å²) >= 11 is 0. The fourth-order valence-corrected chi connectivity index (χ4v) is 2.05. The van der Waals surface area contributed by atoms with E-state index in [2.05, 4.69) is 15.3 Å². The van der Waals surface area contributed by atoms with E-state index in [1.54, 1.807) is 0 Å². The maximum Gasteiger partial charge on any atom is 0.0726 e. The van der Waals surface area contributed by atoms with Crippen LogP contribution in [0.1, 0.15) is 12.8 Å². The van der Waals surface area contributed by atoms with Gasteiger partial charge in [0.05, 0.1) is 11.9 Å². The molecule has 1 saturated heterocycles. The number of hydrogen-bond donors (Lipinski definition) is 2. The largest absolute Gasteiger partial charge is 0.381 e. The zero-order valence-electron chi connectivity index (χ0n) is 9.89. The Bertz CT molecular complexity index is 314. The van der Waals surface area contributed by atoms with Crippen LogP contribution < -0.4 is 11.1 Å². The van der Waals surface area contributed by atoms with Crippen molar-refractivity contribution in [1.82, 2.24) is 14.7 Å². The summed E-state index contributed by atoms with van der Waals surface area (Å²) in [4.78, 5) is 2.47. The van der Waals surface area contributed by atoms with E-state index in [0.717, 1.165) is 44.7 Å². The normalized spacial score (nSPS) is 18.9. The molecule has 90 valence electrons. The summed E-state index contributed by atoms with van der Waals surface area (Å²) in [5.74, 6) is 0. The van der Waals surface area contributed by atoms with Gasteiger partial charge in [-0.3, -0.25) is 4.68 Å². The van der Waals surface area contributed by atoms with Gasteiger partial charge in [-0.05, 0) is 25.9 Å². The summed E-state index contributed by atoms with van der Waals surface area (Å²) in [7, 11) is 1.93. The fourth-order valence-electron chi connectivity index (χ4n) is 2.05. The second-order valence-corrected chi connectivity index (χ2v) is 4.51. The van der Waals surface area contributed by atoms with Crippen molar-refractivity contribution in [2.75, 3.05) is 31.5 Å². The van der Waals surface area contributed by atoms with Gasteiger partial charge in [-0.15, -0.1) is 0 Å². The highest BCUT2D eigenvalue weighted by atomic mass is 15.3. The van der Waals surface area contributed by atoms with Crippen LogP contribution in [0.3, 0.4) is 0 Å². The minimum Gasteiger partial charge on any atom is -0.381 e. The van der Waals surface area contributed by atoms with E-state index in [9.17, 15) is 0 Å². The van der Waals surface area contributed by atoms with Gasteiger partial charge in [0, 0.05) is 32.4 Å². The van der Waals surface area contributed by atoms with E-state index < -0.39 is 0 Å². The lowest BCUT2D eigenvalue weighted by atomic mass is 10.1. The van der Waals surface area contributed by atoms with Gasteiger partial charge in [0.15, 0.2) is 0 Å². The van der Waals surface area contributed by atoms with Crippen LogP contribution in [0.15, 0.2) is 12.4 Å². The molecule has 0 amide bonds. The van der Waals surface area contributed by atoms with Crippen LogP contribution in [0.5, 0.6) is 0 Å². The smallest absolute Gasteiger partial charge is 0.0726 e. The van der Waals surface area contributed by atoms with Gasteiger partial charge in [-0.25, -0.2) is 0 Å². The van der Waals surface area contributed by atoms with Crippen molar-refractivity contribution < 1.29 is 0 Å². The van der Waals surface area contributed by atoms with Crippen molar-refractivity contribution in [2.24, 2.45) is 12.8 Å². The molecule has 1 aliphatic rings. The Morgan fingerprint density at radius 2 is 2.25 bits per heavy atom. The van der Waals surface area contributed by atoms with Crippen LogP contribution in [0.25, 0.3) is 0 Å². The Balaban J connectivity index is 1.64. The highest BCUT2D eigenvalue weighted by Crippen LogP contribution is 2.08. The van der Waals surface area contributed by atoms with Crippen LogP contribution in [0, 0.1) is 0 Å². The monoisotopic (exact) mass is 223 g/mol. The molecule has 2 rings (SSSR count). The predicted molar refractivity (Wildman–Crippen MR) is 65.3 cm³/mol. The van der Waals surface area contributed by atoms with Crippen molar-refractivity contribution in [1.29, 1.82) is 0 Å². The molecule has 2 heterocycles. The topological polar surface area (TPSA) is 59.1 Å². The lowest BCUT2D eigenvalue weighted by molar-refractivity contribution is 0.220. The molecular weight excluding hydrogens is 202 g/mol. The van der Waals surface area contributed by atoms with E-state index in [1.165, 1.54) is 0 Å². The molecule has 5 heteroatoms. The third-order valence-corrected chi connectivity index (χ3v) is 3.09. The molecule has 1 aromatic rings. The molecule has 1 aliphatic heterocycles. The Morgan fingerprint density at radius 1 is 1.50 bits per heavy atom. The first kappa shape index (κ1) is 11.4. The Kier molecular flexibility index (Phi) is 3.79. The van der Waals surface area contributed by atoms with Crippen molar-refractivity contribution >= 4 is 5.69 Å². The lowest BCUT2D eigenvalue weighted by Crippen LogP contribution is -2.41. The number of aryl methyl sites for hydroxylation is 1. The number of piperidine rings is 1. The number of hydrogen-bond acceptors (Lipinski definition) is 4. The SMILES string of the molecule is Cn1cc(NCCN2CCC(N)CC2)cn1. The molecular formula is C11H21N5. The number of rotatable bonds is 4. The van der Waals surface area contributed by atoms with Gasteiger partial charge in [0.25, 0.3) is 0 Å². The first-order valence-corrected chi connectivity index (χ1v) is 5.94. The Morgan fingerprint density at radius 3 is 2.88 bits per heavy atom. The van der Waals surface area contributed by atoms with Crippen molar-refractivity contribution in [3.05, 3.63) is 12.4 Å². The van der Waals surface area contributed by atoms with Crippen LogP contribution in [0.4, 0.5) is 5.69 Å². The third kappa shape index (κ3) is 3.21. The molecule has 5 nitrogen and oxygen atoms in total. The van der Waals surface area contributed by atoms with Crippen molar-refractivity contribution in [3.63, 3.8) is 0 Å². The first-order chi connectivity index (χ1) is 7.74. The fraction of sp³-hybridized carbons (Fsp3) is 0.727. The summed E-state index contributed by atoms with van der Waals surface area (Å²) in [5.41, 5.74) is 6.96. The van der Waals surface area contributed by atoms with E-state index in [0.29, 0.717) is 6.04 Å². The summed E-state index contributed by atoms with van der Waals surface area (Å²) in [6.45, 7) is 4.33. The predicted octanol–water partition coefficient (Wildman–Crippen LogP) is 0.255. The van der Waals surface area contributed by atoms with Crippen molar-refractivity contribution in [3.8, 4) is 0 Å². The van der Waals surface area contributed by atoms with Gasteiger partial charge in [-0.1, -0.05) is 0 Å². The summed E-state index contributed by atoms with van der Waals surface area (Å²) in [6.07, 6.45) is 6.11. The molecule has 0 aromatic carbocycles. The maximum absolute atomic E-state index is 5.87. The van der Waals surface area contributed by atoms with Crippen LogP contribution in [-0.4, -0.2) is 46.9 Å². The van der Waals surface area contributed by atoms with Gasteiger partial charge in [0.2, 0.25) is 0 Å². The minimum absolute atomic E-state index is 0.419.